The van der Waals surface area contributed by atoms with Gasteiger partial charge in [0.25, 0.3) is 0 Å². The van der Waals surface area contributed by atoms with E-state index in [2.05, 4.69) is 16.1 Å². The molecule has 0 saturated carbocycles. The Morgan fingerprint density at radius 1 is 1.38 bits per heavy atom. The van der Waals surface area contributed by atoms with Crippen LogP contribution in [0.25, 0.3) is 0 Å². The predicted molar refractivity (Wildman–Crippen MR) is 99.8 cm³/mol. The normalized spacial score (nSPS) is 14.5. The molecule has 9 heteroatoms. The van der Waals surface area contributed by atoms with Crippen LogP contribution in [0.3, 0.4) is 0 Å². The van der Waals surface area contributed by atoms with Crippen molar-refractivity contribution in [3.63, 3.8) is 0 Å². The zero-order valence-corrected chi connectivity index (χ0v) is 16.1. The maximum atomic E-state index is 12.5. The zero-order valence-electron chi connectivity index (χ0n) is 15.2. The third kappa shape index (κ3) is 6.32. The van der Waals surface area contributed by atoms with Crippen molar-refractivity contribution < 1.29 is 22.7 Å². The minimum Gasteiger partial charge on any atom is -0.495 e. The lowest BCUT2D eigenvalue weighted by Gasteiger charge is -2.22. The number of carbonyl (C=O) groups excluding carboxylic acids is 1. The number of carbonyl (C=O) groups is 1. The molecule has 0 fully saturated rings. The summed E-state index contributed by atoms with van der Waals surface area (Å²) >= 11 is 0. The summed E-state index contributed by atoms with van der Waals surface area (Å²) in [5.41, 5.74) is 2.25. The molecule has 2 amide bonds. The van der Waals surface area contributed by atoms with Crippen LogP contribution in [0.1, 0.15) is 12.0 Å². The fourth-order valence-electron chi connectivity index (χ4n) is 2.48. The van der Waals surface area contributed by atoms with E-state index in [4.69, 9.17) is 9.47 Å². The number of methoxy groups -OCH3 is 1. The maximum absolute atomic E-state index is 12.5. The van der Waals surface area contributed by atoms with Crippen LogP contribution in [-0.2, 0) is 21.3 Å². The first-order valence-electron chi connectivity index (χ1n) is 8.18. The number of benzene rings is 1. The highest BCUT2D eigenvalue weighted by molar-refractivity contribution is 7.88. The van der Waals surface area contributed by atoms with Crippen LogP contribution in [-0.4, -0.2) is 59.5 Å². The standard InChI is InChI=1S/C17H25N3O5S/c1-20(11-14-5-4-8-25-12-14)17(21)19-15-9-13(6-7-16(15)24-2)10-18-26(3,22)23/h5-7,9,18H,4,8,10-12H2,1-3H3,(H,19,21). The number of amides is 2. The predicted octanol–water partition coefficient (Wildman–Crippen LogP) is 1.55. The van der Waals surface area contributed by atoms with Crippen LogP contribution < -0.4 is 14.8 Å². The van der Waals surface area contributed by atoms with Crippen LogP contribution in [0.5, 0.6) is 5.75 Å². The fraction of sp³-hybridized carbons (Fsp3) is 0.471. The summed E-state index contributed by atoms with van der Waals surface area (Å²) in [5.74, 6) is 0.495. The molecule has 0 saturated heterocycles. The van der Waals surface area contributed by atoms with Crippen molar-refractivity contribution in [1.29, 1.82) is 0 Å². The first-order valence-corrected chi connectivity index (χ1v) is 10.1. The number of likely N-dealkylation sites (N-methyl/N-ethyl adjacent to an activating group) is 1. The van der Waals surface area contributed by atoms with Crippen LogP contribution in [0, 0.1) is 0 Å². The molecule has 144 valence electrons. The average Bonchev–Trinajstić information content (AvgIpc) is 2.60. The number of hydrogen-bond donors (Lipinski definition) is 2. The highest BCUT2D eigenvalue weighted by Crippen LogP contribution is 2.26. The Labute approximate surface area is 154 Å². The molecule has 26 heavy (non-hydrogen) atoms. The summed E-state index contributed by atoms with van der Waals surface area (Å²) in [6.45, 7) is 1.85. The molecule has 0 unspecified atom stereocenters. The minimum absolute atomic E-state index is 0.131. The van der Waals surface area contributed by atoms with E-state index in [1.165, 1.54) is 7.11 Å². The number of nitrogens with zero attached hydrogens (tertiary/aromatic N) is 1. The van der Waals surface area contributed by atoms with Crippen LogP contribution >= 0.6 is 0 Å². The first kappa shape index (κ1) is 20.2. The number of hydrogen-bond acceptors (Lipinski definition) is 5. The van der Waals surface area contributed by atoms with E-state index in [0.29, 0.717) is 36.8 Å². The van der Waals surface area contributed by atoms with Crippen molar-refractivity contribution in [3.8, 4) is 5.75 Å². The quantitative estimate of drug-likeness (QED) is 0.697. The Morgan fingerprint density at radius 2 is 2.15 bits per heavy atom. The Kier molecular flexibility index (Phi) is 7.01. The lowest BCUT2D eigenvalue weighted by Crippen LogP contribution is -2.34. The van der Waals surface area contributed by atoms with Gasteiger partial charge < -0.3 is 19.7 Å². The molecule has 1 aromatic rings. The number of sulfonamides is 1. The van der Waals surface area contributed by atoms with E-state index in [9.17, 15) is 13.2 Å². The maximum Gasteiger partial charge on any atom is 0.321 e. The second-order valence-corrected chi connectivity index (χ2v) is 7.95. The molecule has 0 bridgehead atoms. The molecule has 2 rings (SSSR count). The number of ether oxygens (including phenoxy) is 2. The van der Waals surface area contributed by atoms with Crippen molar-refractivity contribution in [1.82, 2.24) is 9.62 Å². The van der Waals surface area contributed by atoms with Gasteiger partial charge in [0.15, 0.2) is 0 Å². The van der Waals surface area contributed by atoms with Crippen LogP contribution in [0.4, 0.5) is 10.5 Å². The van der Waals surface area contributed by atoms with Gasteiger partial charge in [-0.05, 0) is 29.7 Å². The van der Waals surface area contributed by atoms with E-state index < -0.39 is 10.0 Å². The van der Waals surface area contributed by atoms with E-state index in [1.54, 1.807) is 30.1 Å². The number of nitrogens with one attached hydrogen (secondary N) is 2. The van der Waals surface area contributed by atoms with Gasteiger partial charge in [-0.15, -0.1) is 0 Å². The van der Waals surface area contributed by atoms with Gasteiger partial charge in [0.1, 0.15) is 5.75 Å². The highest BCUT2D eigenvalue weighted by Gasteiger charge is 2.15. The van der Waals surface area contributed by atoms with E-state index in [-0.39, 0.29) is 12.6 Å². The molecule has 0 spiro atoms. The van der Waals surface area contributed by atoms with Gasteiger partial charge in [-0.3, -0.25) is 0 Å². The smallest absolute Gasteiger partial charge is 0.321 e. The largest absolute Gasteiger partial charge is 0.495 e. The minimum atomic E-state index is -3.30. The SMILES string of the molecule is COc1ccc(CNS(C)(=O)=O)cc1NC(=O)N(C)CC1=CCCOC1. The molecule has 1 aliphatic rings. The van der Waals surface area contributed by atoms with Gasteiger partial charge in [0.05, 0.1) is 32.3 Å². The van der Waals surface area contributed by atoms with Gasteiger partial charge in [-0.25, -0.2) is 17.9 Å². The van der Waals surface area contributed by atoms with Crippen molar-refractivity contribution in [2.75, 3.05) is 45.5 Å². The second-order valence-electron chi connectivity index (χ2n) is 6.12. The molecule has 0 aromatic heterocycles. The topological polar surface area (TPSA) is 97.0 Å². The van der Waals surface area contributed by atoms with E-state index in [1.807, 2.05) is 0 Å². The van der Waals surface area contributed by atoms with Crippen LogP contribution in [0.2, 0.25) is 0 Å². The van der Waals surface area contributed by atoms with Gasteiger partial charge in [-0.1, -0.05) is 12.1 Å². The number of anilines is 1. The Balaban J connectivity index is 2.05. The van der Waals surface area contributed by atoms with Crippen molar-refractivity contribution >= 4 is 21.7 Å². The number of urea groups is 1. The molecule has 1 aromatic carbocycles. The molecule has 2 N–H and O–H groups in total. The van der Waals surface area contributed by atoms with Crippen molar-refractivity contribution in [3.05, 3.63) is 35.4 Å². The van der Waals surface area contributed by atoms with Gasteiger partial charge >= 0.3 is 6.03 Å². The van der Waals surface area contributed by atoms with Crippen molar-refractivity contribution in [2.24, 2.45) is 0 Å². The number of rotatable bonds is 7. The summed E-state index contributed by atoms with van der Waals surface area (Å²) in [7, 11) is -0.0907. The summed E-state index contributed by atoms with van der Waals surface area (Å²) < 4.78 is 35.6. The molecule has 8 nitrogen and oxygen atoms in total. The zero-order chi connectivity index (χ0) is 19.2. The highest BCUT2D eigenvalue weighted by atomic mass is 32.2. The molecular weight excluding hydrogens is 358 g/mol. The Bertz CT molecular complexity index is 777. The first-order chi connectivity index (χ1) is 12.3. The fourth-order valence-corrected chi connectivity index (χ4v) is 2.91. The molecule has 0 aliphatic carbocycles. The molecular formula is C17H25N3O5S. The molecule has 1 aliphatic heterocycles. The van der Waals surface area contributed by atoms with Gasteiger partial charge in [-0.2, -0.15) is 0 Å². The average molecular weight is 383 g/mol. The van der Waals surface area contributed by atoms with Gasteiger partial charge in [0, 0.05) is 20.1 Å². The lowest BCUT2D eigenvalue weighted by molar-refractivity contribution is 0.145. The van der Waals surface area contributed by atoms with E-state index >= 15 is 0 Å². The summed E-state index contributed by atoms with van der Waals surface area (Å²) in [5, 5.41) is 2.81. The van der Waals surface area contributed by atoms with Gasteiger partial charge in [0.2, 0.25) is 10.0 Å². The monoisotopic (exact) mass is 383 g/mol. The third-order valence-electron chi connectivity index (χ3n) is 3.81. The molecule has 0 atom stereocenters. The van der Waals surface area contributed by atoms with Crippen LogP contribution in [0.15, 0.2) is 29.8 Å². The summed E-state index contributed by atoms with van der Waals surface area (Å²) in [6.07, 6.45) is 4.04. The van der Waals surface area contributed by atoms with Crippen molar-refractivity contribution in [2.45, 2.75) is 13.0 Å². The van der Waals surface area contributed by atoms with E-state index in [0.717, 1.165) is 18.2 Å². The second kappa shape index (κ2) is 9.02. The molecule has 0 radical (unpaired) electrons. The lowest BCUT2D eigenvalue weighted by atomic mass is 10.2. The third-order valence-corrected chi connectivity index (χ3v) is 4.48. The Morgan fingerprint density at radius 3 is 2.77 bits per heavy atom. The molecule has 1 heterocycles. The summed E-state index contributed by atoms with van der Waals surface area (Å²) in [4.78, 5) is 14.0. The summed E-state index contributed by atoms with van der Waals surface area (Å²) in [6, 6.07) is 4.82. The Hall–Kier alpha value is -2.10.